The molecule has 1 aliphatic carbocycles. The second-order valence-corrected chi connectivity index (χ2v) is 9.77. The molecule has 5 rings (SSSR count). The van der Waals surface area contributed by atoms with Gasteiger partial charge in [-0.25, -0.2) is 4.98 Å². The highest BCUT2D eigenvalue weighted by atomic mass is 32.1. The Kier molecular flexibility index (Phi) is 5.43. The van der Waals surface area contributed by atoms with Gasteiger partial charge in [0, 0.05) is 48.3 Å². The monoisotopic (exact) mass is 450 g/mol. The maximum atomic E-state index is 12.5. The summed E-state index contributed by atoms with van der Waals surface area (Å²) in [5.41, 5.74) is 4.38. The molecule has 0 bridgehead atoms. The summed E-state index contributed by atoms with van der Waals surface area (Å²) in [5.74, 6) is 0.730. The lowest BCUT2D eigenvalue weighted by atomic mass is 9.80. The van der Waals surface area contributed by atoms with E-state index in [1.54, 1.807) is 22.4 Å². The number of carbonyl (C=O) groups excluding carboxylic acids is 1. The van der Waals surface area contributed by atoms with Crippen molar-refractivity contribution in [3.8, 4) is 27.0 Å². The molecule has 2 aromatic heterocycles. The Morgan fingerprint density at radius 2 is 2.06 bits per heavy atom. The lowest BCUT2D eigenvalue weighted by molar-refractivity contribution is -0.128. The fraction of sp³-hybridized carbons (Fsp3) is 0.417. The Bertz CT molecular complexity index is 1140. The summed E-state index contributed by atoms with van der Waals surface area (Å²) in [6.45, 7) is 5.04. The zero-order valence-corrected chi connectivity index (χ0v) is 19.1. The van der Waals surface area contributed by atoms with Gasteiger partial charge in [-0.2, -0.15) is 0 Å². The average Bonchev–Trinajstić information content (AvgIpc) is 3.47. The van der Waals surface area contributed by atoms with Crippen LogP contribution in [-0.4, -0.2) is 56.9 Å². The molecule has 1 atom stereocenters. The summed E-state index contributed by atoms with van der Waals surface area (Å²) < 4.78 is 5.62. The van der Waals surface area contributed by atoms with Crippen LogP contribution in [0, 0.1) is 0 Å². The van der Waals surface area contributed by atoms with E-state index in [-0.39, 0.29) is 24.0 Å². The molecule has 1 amide bonds. The molecule has 1 unspecified atom stereocenters. The molecule has 32 heavy (non-hydrogen) atoms. The first-order valence-electron chi connectivity index (χ1n) is 11.0. The third-order valence-electron chi connectivity index (χ3n) is 6.30. The minimum absolute atomic E-state index is 0.00170. The second kappa shape index (κ2) is 8.26. The highest BCUT2D eigenvalue weighted by Gasteiger charge is 2.48. The molecule has 3 heterocycles. The number of aliphatic hydroxyl groups is 1. The molecule has 1 N–H and O–H groups in total. The van der Waals surface area contributed by atoms with Gasteiger partial charge in [0.2, 0.25) is 11.8 Å². The Morgan fingerprint density at radius 3 is 2.81 bits per heavy atom. The van der Waals surface area contributed by atoms with E-state index in [0.29, 0.717) is 25.4 Å². The first kappa shape index (κ1) is 21.0. The number of aromatic nitrogens is 3. The molecule has 166 valence electrons. The van der Waals surface area contributed by atoms with E-state index < -0.39 is 0 Å². The fourth-order valence-corrected chi connectivity index (χ4v) is 5.79. The molecular formula is C24H26N4O3S. The number of carbonyl (C=O) groups is 1. The van der Waals surface area contributed by atoms with Crippen molar-refractivity contribution in [1.82, 2.24) is 20.1 Å². The maximum Gasteiger partial charge on any atom is 0.223 e. The highest BCUT2D eigenvalue weighted by Crippen LogP contribution is 2.49. The summed E-state index contributed by atoms with van der Waals surface area (Å²) in [6, 6.07) is 10.1. The number of hydrogen-bond donors (Lipinski definition) is 1. The van der Waals surface area contributed by atoms with E-state index in [1.165, 1.54) is 11.1 Å². The summed E-state index contributed by atoms with van der Waals surface area (Å²) in [4.78, 5) is 18.7. The van der Waals surface area contributed by atoms with E-state index in [2.05, 4.69) is 33.4 Å². The lowest BCUT2D eigenvalue weighted by Gasteiger charge is -2.24. The smallest absolute Gasteiger partial charge is 0.223 e. The first-order valence-corrected chi connectivity index (χ1v) is 11.8. The molecule has 1 aromatic carbocycles. The number of benzene rings is 1. The van der Waals surface area contributed by atoms with Crippen LogP contribution in [0.2, 0.25) is 0 Å². The zero-order valence-electron chi connectivity index (χ0n) is 18.2. The highest BCUT2D eigenvalue weighted by molar-refractivity contribution is 7.17. The van der Waals surface area contributed by atoms with Gasteiger partial charge < -0.3 is 14.7 Å². The summed E-state index contributed by atoms with van der Waals surface area (Å²) in [7, 11) is 0. The molecule has 1 saturated heterocycles. The minimum atomic E-state index is -0.152. The van der Waals surface area contributed by atoms with E-state index in [9.17, 15) is 9.90 Å². The van der Waals surface area contributed by atoms with E-state index in [4.69, 9.17) is 4.74 Å². The molecular weight excluding hydrogens is 424 g/mol. The van der Waals surface area contributed by atoms with Crippen LogP contribution in [0.1, 0.15) is 37.8 Å². The Labute approximate surface area is 191 Å². The van der Waals surface area contributed by atoms with Gasteiger partial charge in [-0.15, -0.1) is 10.2 Å². The topological polar surface area (TPSA) is 88.4 Å². The molecule has 1 fully saturated rings. The van der Waals surface area contributed by atoms with Crippen LogP contribution in [0.4, 0.5) is 0 Å². The van der Waals surface area contributed by atoms with E-state index in [1.807, 2.05) is 26.0 Å². The van der Waals surface area contributed by atoms with Crippen LogP contribution in [0.15, 0.2) is 36.5 Å². The fourth-order valence-electron chi connectivity index (χ4n) is 4.90. The van der Waals surface area contributed by atoms with Crippen molar-refractivity contribution >= 4 is 17.2 Å². The van der Waals surface area contributed by atoms with Crippen molar-refractivity contribution in [1.29, 1.82) is 0 Å². The molecule has 0 saturated carbocycles. The number of pyridine rings is 1. The number of β-amino-alcohol motifs (C(OH)–C–C–N with tert-alkyl or cyclic N) is 1. The van der Waals surface area contributed by atoms with Crippen molar-refractivity contribution in [3.63, 3.8) is 0 Å². The predicted molar refractivity (Wildman–Crippen MR) is 123 cm³/mol. The molecule has 2 aliphatic rings. The quantitative estimate of drug-likeness (QED) is 0.619. The summed E-state index contributed by atoms with van der Waals surface area (Å²) in [6.07, 6.45) is 4.23. The standard InChI is InChI=1S/C24H26N4O3S/c1-15(2)31-20-7-6-16(13-25-20)22-26-27-23(32-22)18-4-3-5-19-17(18)8-9-24(19)12-21(30)28(14-24)10-11-29/h3-7,13,15,29H,8-12,14H2,1-2H3. The Balaban J connectivity index is 1.43. The molecule has 3 aromatic rings. The second-order valence-electron chi connectivity index (χ2n) is 8.79. The van der Waals surface area contributed by atoms with Crippen molar-refractivity contribution in [3.05, 3.63) is 47.7 Å². The molecule has 1 aliphatic heterocycles. The Hall–Kier alpha value is -2.84. The largest absolute Gasteiger partial charge is 0.475 e. The molecule has 8 heteroatoms. The summed E-state index contributed by atoms with van der Waals surface area (Å²) in [5, 5.41) is 19.9. The Morgan fingerprint density at radius 1 is 1.22 bits per heavy atom. The van der Waals surface area contributed by atoms with Gasteiger partial charge in [0.05, 0.1) is 12.7 Å². The van der Waals surface area contributed by atoms with Crippen molar-refractivity contribution in [2.45, 2.75) is 44.6 Å². The molecule has 0 radical (unpaired) electrons. The first-order chi connectivity index (χ1) is 15.5. The average molecular weight is 451 g/mol. The molecule has 7 nitrogen and oxygen atoms in total. The van der Waals surface area contributed by atoms with Crippen molar-refractivity contribution in [2.75, 3.05) is 19.7 Å². The van der Waals surface area contributed by atoms with Gasteiger partial charge in [-0.05, 0) is 43.9 Å². The number of fused-ring (bicyclic) bond motifs is 2. The third kappa shape index (κ3) is 3.67. The molecule has 1 spiro atoms. The van der Waals surface area contributed by atoms with Gasteiger partial charge in [0.1, 0.15) is 10.0 Å². The van der Waals surface area contributed by atoms with Gasteiger partial charge >= 0.3 is 0 Å². The number of likely N-dealkylation sites (tertiary alicyclic amines) is 1. The van der Waals surface area contributed by atoms with E-state index >= 15 is 0 Å². The lowest BCUT2D eigenvalue weighted by Crippen LogP contribution is -2.32. The van der Waals surface area contributed by atoms with E-state index in [0.717, 1.165) is 34.0 Å². The minimum Gasteiger partial charge on any atom is -0.475 e. The maximum absolute atomic E-state index is 12.5. The van der Waals surface area contributed by atoms with Gasteiger partial charge in [-0.1, -0.05) is 29.5 Å². The number of amides is 1. The SMILES string of the molecule is CC(C)Oc1ccc(-c2nnc(-c3cccc4c3CCC43CC(=O)N(CCO)C3)s2)cn1. The van der Waals surface area contributed by atoms with Crippen LogP contribution in [0.25, 0.3) is 21.1 Å². The predicted octanol–water partition coefficient (Wildman–Crippen LogP) is 3.46. The zero-order chi connectivity index (χ0) is 22.3. The number of aliphatic hydroxyl groups excluding tert-OH is 1. The van der Waals surface area contributed by atoms with Crippen LogP contribution in [0.5, 0.6) is 5.88 Å². The van der Waals surface area contributed by atoms with Crippen LogP contribution >= 0.6 is 11.3 Å². The number of hydrogen-bond acceptors (Lipinski definition) is 7. The third-order valence-corrected chi connectivity index (χ3v) is 7.31. The number of nitrogens with zero attached hydrogens (tertiary/aromatic N) is 4. The van der Waals surface area contributed by atoms with Crippen LogP contribution in [-0.2, 0) is 16.6 Å². The van der Waals surface area contributed by atoms with Gasteiger partial charge in [0.15, 0.2) is 0 Å². The van der Waals surface area contributed by atoms with Gasteiger partial charge in [0.25, 0.3) is 0 Å². The normalized spacial score (nSPS) is 19.9. The van der Waals surface area contributed by atoms with Crippen molar-refractivity contribution < 1.29 is 14.6 Å². The van der Waals surface area contributed by atoms with Crippen LogP contribution < -0.4 is 4.74 Å². The van der Waals surface area contributed by atoms with Crippen molar-refractivity contribution in [2.24, 2.45) is 0 Å². The number of rotatable bonds is 6. The van der Waals surface area contributed by atoms with Gasteiger partial charge in [-0.3, -0.25) is 4.79 Å². The van der Waals surface area contributed by atoms with Crippen LogP contribution in [0.3, 0.4) is 0 Å². The summed E-state index contributed by atoms with van der Waals surface area (Å²) >= 11 is 1.55. The number of ether oxygens (including phenoxy) is 1.